The fourth-order valence-electron chi connectivity index (χ4n) is 1.68. The molecule has 0 aliphatic rings. The number of aliphatic hydroxyl groups excluding tert-OH is 1. The number of thioether (sulfide) groups is 1. The van der Waals surface area contributed by atoms with Gasteiger partial charge in [-0.1, -0.05) is 6.42 Å². The molecule has 0 saturated heterocycles. The lowest BCUT2D eigenvalue weighted by Gasteiger charge is -2.21. The number of nitrogens with two attached hydrogens (primary N) is 1. The Morgan fingerprint density at radius 3 is 2.35 bits per heavy atom. The predicted octanol–water partition coefficient (Wildman–Crippen LogP) is 2.06. The van der Waals surface area contributed by atoms with Crippen molar-refractivity contribution in [3.63, 3.8) is 0 Å². The molecule has 0 heterocycles. The molecule has 0 radical (unpaired) electrons. The molecular formula is C14H23NO3S2. The van der Waals surface area contributed by atoms with E-state index >= 15 is 0 Å². The van der Waals surface area contributed by atoms with Crippen molar-refractivity contribution in [3.8, 4) is 0 Å². The third-order valence-electron chi connectivity index (χ3n) is 3.02. The van der Waals surface area contributed by atoms with Crippen LogP contribution < -0.4 is 5.73 Å². The maximum absolute atomic E-state index is 11.3. The van der Waals surface area contributed by atoms with Gasteiger partial charge in [0.05, 0.1) is 11.5 Å². The maximum atomic E-state index is 11.3. The molecule has 20 heavy (non-hydrogen) atoms. The largest absolute Gasteiger partial charge is 0.394 e. The van der Waals surface area contributed by atoms with Crippen LogP contribution in [-0.2, 0) is 9.84 Å². The number of hydrogen-bond donors (Lipinski definition) is 2. The fraction of sp³-hybridized carbons (Fsp3) is 0.571. The van der Waals surface area contributed by atoms with Crippen molar-refractivity contribution < 1.29 is 13.5 Å². The lowest BCUT2D eigenvalue weighted by Crippen LogP contribution is -2.39. The summed E-state index contributed by atoms with van der Waals surface area (Å²) in [4.78, 5) is 1.42. The predicted molar refractivity (Wildman–Crippen MR) is 83.8 cm³/mol. The second kappa shape index (κ2) is 7.45. The Labute approximate surface area is 125 Å². The first-order valence-corrected chi connectivity index (χ1v) is 9.45. The minimum absolute atomic E-state index is 0.00704. The Bertz CT molecular complexity index is 510. The molecule has 0 fully saturated rings. The van der Waals surface area contributed by atoms with E-state index in [0.29, 0.717) is 4.90 Å². The molecule has 114 valence electrons. The van der Waals surface area contributed by atoms with E-state index in [1.54, 1.807) is 23.9 Å². The van der Waals surface area contributed by atoms with Gasteiger partial charge in [0.25, 0.3) is 0 Å². The van der Waals surface area contributed by atoms with Crippen LogP contribution in [0, 0.1) is 0 Å². The first-order valence-electron chi connectivity index (χ1n) is 6.57. The van der Waals surface area contributed by atoms with Crippen molar-refractivity contribution in [3.05, 3.63) is 24.3 Å². The van der Waals surface area contributed by atoms with Gasteiger partial charge in [0.1, 0.15) is 0 Å². The zero-order valence-corrected chi connectivity index (χ0v) is 13.6. The van der Waals surface area contributed by atoms with Crippen molar-refractivity contribution in [1.82, 2.24) is 0 Å². The fourth-order valence-corrected chi connectivity index (χ4v) is 3.23. The van der Waals surface area contributed by atoms with Crippen LogP contribution in [0.2, 0.25) is 0 Å². The molecule has 4 nitrogen and oxygen atoms in total. The Balaban J connectivity index is 2.33. The molecule has 0 aromatic heterocycles. The molecule has 0 spiro atoms. The van der Waals surface area contributed by atoms with E-state index in [-0.39, 0.29) is 6.61 Å². The number of rotatable bonds is 8. The van der Waals surface area contributed by atoms with E-state index in [2.05, 4.69) is 0 Å². The molecule has 1 atom stereocenters. The summed E-state index contributed by atoms with van der Waals surface area (Å²) in [6.45, 7) is 1.86. The summed E-state index contributed by atoms with van der Waals surface area (Å²) >= 11 is 1.70. The Kier molecular flexibility index (Phi) is 6.51. The SMILES string of the molecule is CC(N)(CO)CCCCSc1ccc(S(C)(=O)=O)cc1. The second-order valence-corrected chi connectivity index (χ2v) is 8.55. The van der Waals surface area contributed by atoms with E-state index in [1.165, 1.54) is 6.26 Å². The zero-order chi connectivity index (χ0) is 15.2. The topological polar surface area (TPSA) is 80.4 Å². The molecule has 1 unspecified atom stereocenters. The van der Waals surface area contributed by atoms with Gasteiger partial charge in [-0.2, -0.15) is 0 Å². The number of sulfone groups is 1. The Morgan fingerprint density at radius 1 is 1.25 bits per heavy atom. The quantitative estimate of drug-likeness (QED) is 0.567. The molecule has 3 N–H and O–H groups in total. The van der Waals surface area contributed by atoms with Crippen molar-refractivity contribution in [2.75, 3.05) is 18.6 Å². The molecule has 0 aliphatic carbocycles. The van der Waals surface area contributed by atoms with Gasteiger partial charge in [0, 0.05) is 16.7 Å². The average molecular weight is 317 g/mol. The zero-order valence-electron chi connectivity index (χ0n) is 12.0. The van der Waals surface area contributed by atoms with Gasteiger partial charge in [-0.25, -0.2) is 8.42 Å². The third-order valence-corrected chi connectivity index (χ3v) is 5.25. The van der Waals surface area contributed by atoms with E-state index in [0.717, 1.165) is 29.9 Å². The summed E-state index contributed by atoms with van der Waals surface area (Å²) in [6, 6.07) is 6.95. The molecule has 6 heteroatoms. The second-order valence-electron chi connectivity index (χ2n) is 5.36. The summed E-state index contributed by atoms with van der Waals surface area (Å²) in [5.74, 6) is 0.958. The molecule has 1 aromatic rings. The number of unbranched alkanes of at least 4 members (excludes halogenated alkanes) is 1. The van der Waals surface area contributed by atoms with Crippen molar-refractivity contribution in [2.45, 2.75) is 41.5 Å². The monoisotopic (exact) mass is 317 g/mol. The van der Waals surface area contributed by atoms with Gasteiger partial charge >= 0.3 is 0 Å². The van der Waals surface area contributed by atoms with E-state index in [9.17, 15) is 8.42 Å². The molecule has 0 amide bonds. The summed E-state index contributed by atoms with van der Waals surface area (Å²) in [7, 11) is -3.11. The van der Waals surface area contributed by atoms with Crippen molar-refractivity contribution in [1.29, 1.82) is 0 Å². The van der Waals surface area contributed by atoms with Crippen LogP contribution in [-0.4, -0.2) is 37.7 Å². The van der Waals surface area contributed by atoms with Crippen LogP contribution in [0.3, 0.4) is 0 Å². The summed E-state index contributed by atoms with van der Waals surface area (Å²) in [5.41, 5.74) is 5.37. The minimum Gasteiger partial charge on any atom is -0.394 e. The molecule has 0 saturated carbocycles. The molecule has 0 aliphatic heterocycles. The van der Waals surface area contributed by atoms with Crippen LogP contribution in [0.1, 0.15) is 26.2 Å². The third kappa shape index (κ3) is 6.26. The van der Waals surface area contributed by atoms with Gasteiger partial charge in [0.2, 0.25) is 0 Å². The highest BCUT2D eigenvalue weighted by atomic mass is 32.2. The molecule has 1 rings (SSSR count). The maximum Gasteiger partial charge on any atom is 0.175 e. The Hall–Kier alpha value is -0.560. The van der Waals surface area contributed by atoms with Crippen LogP contribution in [0.15, 0.2) is 34.1 Å². The van der Waals surface area contributed by atoms with E-state index in [1.807, 2.05) is 19.1 Å². The first-order chi connectivity index (χ1) is 9.24. The molecule has 0 bridgehead atoms. The number of benzene rings is 1. The van der Waals surface area contributed by atoms with E-state index in [4.69, 9.17) is 10.8 Å². The van der Waals surface area contributed by atoms with Crippen molar-refractivity contribution >= 4 is 21.6 Å². The highest BCUT2D eigenvalue weighted by Crippen LogP contribution is 2.22. The van der Waals surface area contributed by atoms with Crippen LogP contribution in [0.5, 0.6) is 0 Å². The van der Waals surface area contributed by atoms with Crippen LogP contribution in [0.4, 0.5) is 0 Å². The van der Waals surface area contributed by atoms with E-state index < -0.39 is 15.4 Å². The van der Waals surface area contributed by atoms with Crippen LogP contribution in [0.25, 0.3) is 0 Å². The smallest absolute Gasteiger partial charge is 0.175 e. The molecular weight excluding hydrogens is 294 g/mol. The summed E-state index contributed by atoms with van der Waals surface area (Å²) in [6.07, 6.45) is 4.00. The summed E-state index contributed by atoms with van der Waals surface area (Å²) in [5, 5.41) is 9.04. The minimum atomic E-state index is -3.11. The normalized spacial score (nSPS) is 15.0. The molecule has 1 aromatic carbocycles. The van der Waals surface area contributed by atoms with Gasteiger partial charge in [-0.15, -0.1) is 11.8 Å². The highest BCUT2D eigenvalue weighted by molar-refractivity contribution is 7.99. The van der Waals surface area contributed by atoms with Gasteiger partial charge < -0.3 is 10.8 Å². The number of hydrogen-bond acceptors (Lipinski definition) is 5. The lowest BCUT2D eigenvalue weighted by atomic mass is 9.98. The number of aliphatic hydroxyl groups is 1. The van der Waals surface area contributed by atoms with Crippen molar-refractivity contribution in [2.24, 2.45) is 5.73 Å². The summed E-state index contributed by atoms with van der Waals surface area (Å²) < 4.78 is 22.7. The average Bonchev–Trinajstić information content (AvgIpc) is 2.38. The highest BCUT2D eigenvalue weighted by Gasteiger charge is 2.15. The Morgan fingerprint density at radius 2 is 1.85 bits per heavy atom. The van der Waals surface area contributed by atoms with Gasteiger partial charge in [-0.3, -0.25) is 0 Å². The first kappa shape index (κ1) is 17.5. The van der Waals surface area contributed by atoms with Gasteiger partial charge in [0.15, 0.2) is 9.84 Å². The lowest BCUT2D eigenvalue weighted by molar-refractivity contribution is 0.198. The van der Waals surface area contributed by atoms with Gasteiger partial charge in [-0.05, 0) is 49.8 Å². The van der Waals surface area contributed by atoms with Crippen LogP contribution >= 0.6 is 11.8 Å². The standard InChI is InChI=1S/C14H23NO3S2/c1-14(15,11-16)9-3-4-10-19-12-5-7-13(8-6-12)20(2,17)18/h5-8,16H,3-4,9-11,15H2,1-2H3.